The van der Waals surface area contributed by atoms with Crippen LogP contribution in [0, 0.1) is 0 Å². The molecule has 3 aromatic rings. The molecule has 0 radical (unpaired) electrons. The van der Waals surface area contributed by atoms with E-state index >= 15 is 0 Å². The summed E-state index contributed by atoms with van der Waals surface area (Å²) in [7, 11) is 3.02. The van der Waals surface area contributed by atoms with Crippen LogP contribution in [0.25, 0.3) is 6.08 Å². The molecule has 3 aromatic carbocycles. The van der Waals surface area contributed by atoms with Crippen LogP contribution >= 0.6 is 0 Å². The molecule has 0 aromatic heterocycles. The third-order valence-corrected chi connectivity index (χ3v) is 5.00. The lowest BCUT2D eigenvalue weighted by atomic mass is 10.0. The van der Waals surface area contributed by atoms with Crippen molar-refractivity contribution in [2.45, 2.75) is 0 Å². The van der Waals surface area contributed by atoms with Crippen LogP contribution < -0.4 is 19.3 Å². The van der Waals surface area contributed by atoms with Crippen LogP contribution in [0.4, 0.5) is 16.2 Å². The van der Waals surface area contributed by atoms with E-state index in [0.29, 0.717) is 28.4 Å². The van der Waals surface area contributed by atoms with E-state index in [1.807, 2.05) is 0 Å². The molecular weight excluding hydrogens is 408 g/mol. The lowest BCUT2D eigenvalue weighted by Gasteiger charge is -2.33. The molecule has 4 rings (SSSR count). The normalized spacial score (nSPS) is 13.9. The fourth-order valence-corrected chi connectivity index (χ4v) is 3.45. The average Bonchev–Trinajstić information content (AvgIpc) is 2.83. The summed E-state index contributed by atoms with van der Waals surface area (Å²) < 4.78 is 10.6. The van der Waals surface area contributed by atoms with Gasteiger partial charge in [-0.3, -0.25) is 9.59 Å². The topological polar surface area (TPSA) is 76.2 Å². The van der Waals surface area contributed by atoms with Gasteiger partial charge in [0.2, 0.25) is 0 Å². The Morgan fingerprint density at radius 2 is 1.16 bits per heavy atom. The van der Waals surface area contributed by atoms with Crippen LogP contribution in [0.5, 0.6) is 11.5 Å². The molecule has 0 unspecified atom stereocenters. The molecule has 0 bridgehead atoms. The van der Waals surface area contributed by atoms with Gasteiger partial charge in [0.05, 0.1) is 25.6 Å². The van der Waals surface area contributed by atoms with Crippen molar-refractivity contribution in [2.75, 3.05) is 24.0 Å². The number of hydrogen-bond donors (Lipinski definition) is 0. The number of urea groups is 1. The van der Waals surface area contributed by atoms with Gasteiger partial charge in [-0.05, 0) is 48.0 Å². The predicted molar refractivity (Wildman–Crippen MR) is 121 cm³/mol. The molecule has 1 aliphatic rings. The maximum absolute atomic E-state index is 13.3. The Hall–Kier alpha value is -4.39. The van der Waals surface area contributed by atoms with E-state index in [1.165, 1.54) is 20.3 Å². The van der Waals surface area contributed by atoms with Gasteiger partial charge < -0.3 is 9.47 Å². The van der Waals surface area contributed by atoms with Gasteiger partial charge in [-0.15, -0.1) is 0 Å². The van der Waals surface area contributed by atoms with Crippen molar-refractivity contribution in [3.63, 3.8) is 0 Å². The van der Waals surface area contributed by atoms with Crippen LogP contribution in [0.3, 0.4) is 0 Å². The van der Waals surface area contributed by atoms with Gasteiger partial charge in [0.1, 0.15) is 5.57 Å². The number of rotatable bonds is 5. The fraction of sp³-hybridized carbons (Fsp3) is 0.0800. The number of methoxy groups -OCH3 is 2. The lowest BCUT2D eigenvalue weighted by molar-refractivity contribution is -0.121. The van der Waals surface area contributed by atoms with Crippen LogP contribution in [0.2, 0.25) is 0 Å². The molecule has 0 N–H and O–H groups in total. The first-order chi connectivity index (χ1) is 15.5. The van der Waals surface area contributed by atoms with Crippen LogP contribution in [-0.4, -0.2) is 32.1 Å². The lowest BCUT2D eigenvalue weighted by Crippen LogP contribution is -2.57. The first-order valence-corrected chi connectivity index (χ1v) is 9.82. The summed E-state index contributed by atoms with van der Waals surface area (Å²) in [6, 6.07) is 21.3. The van der Waals surface area contributed by atoms with Gasteiger partial charge in [0.25, 0.3) is 11.8 Å². The highest BCUT2D eigenvalue weighted by Gasteiger charge is 2.43. The third-order valence-electron chi connectivity index (χ3n) is 5.00. The molecule has 7 nitrogen and oxygen atoms in total. The number of nitrogens with zero attached hydrogens (tertiary/aromatic N) is 2. The first-order valence-electron chi connectivity index (χ1n) is 9.82. The highest BCUT2D eigenvalue weighted by Crippen LogP contribution is 2.32. The molecule has 1 aliphatic heterocycles. The minimum Gasteiger partial charge on any atom is -0.493 e. The van der Waals surface area contributed by atoms with E-state index in [1.54, 1.807) is 78.9 Å². The Bertz CT molecular complexity index is 1140. The van der Waals surface area contributed by atoms with Gasteiger partial charge in [-0.1, -0.05) is 42.5 Å². The summed E-state index contributed by atoms with van der Waals surface area (Å²) in [4.78, 5) is 42.0. The van der Waals surface area contributed by atoms with Gasteiger partial charge >= 0.3 is 6.03 Å². The second-order valence-corrected chi connectivity index (χ2v) is 6.91. The number of barbiturate groups is 1. The summed E-state index contributed by atoms with van der Waals surface area (Å²) in [6.07, 6.45) is 1.45. The Morgan fingerprint density at radius 3 is 1.62 bits per heavy atom. The second-order valence-electron chi connectivity index (χ2n) is 6.91. The zero-order valence-corrected chi connectivity index (χ0v) is 17.5. The summed E-state index contributed by atoms with van der Waals surface area (Å²) in [5, 5.41) is 0. The Morgan fingerprint density at radius 1 is 0.656 bits per heavy atom. The molecule has 0 aliphatic carbocycles. The summed E-state index contributed by atoms with van der Waals surface area (Å²) in [5.41, 5.74) is 1.14. The van der Waals surface area contributed by atoms with E-state index < -0.39 is 17.8 Å². The van der Waals surface area contributed by atoms with Crippen molar-refractivity contribution < 1.29 is 23.9 Å². The molecular formula is C25H20N2O5. The zero-order valence-electron chi connectivity index (χ0n) is 17.5. The largest absolute Gasteiger partial charge is 0.493 e. The number of anilines is 2. The van der Waals surface area contributed by atoms with Gasteiger partial charge in [-0.2, -0.15) is 0 Å². The summed E-state index contributed by atoms with van der Waals surface area (Å²) in [5.74, 6) is -0.433. The Balaban J connectivity index is 1.85. The summed E-state index contributed by atoms with van der Waals surface area (Å²) in [6.45, 7) is 0. The number of para-hydroxylation sites is 2. The molecule has 1 fully saturated rings. The number of ether oxygens (including phenoxy) is 2. The number of amides is 4. The minimum absolute atomic E-state index is 0.149. The number of benzene rings is 3. The minimum atomic E-state index is -0.734. The van der Waals surface area contributed by atoms with Crippen LogP contribution in [-0.2, 0) is 9.59 Å². The number of hydrogen-bond acceptors (Lipinski definition) is 5. The summed E-state index contributed by atoms with van der Waals surface area (Å²) >= 11 is 0. The fourth-order valence-electron chi connectivity index (χ4n) is 3.45. The predicted octanol–water partition coefficient (Wildman–Crippen LogP) is 4.29. The van der Waals surface area contributed by atoms with Gasteiger partial charge in [0, 0.05) is 0 Å². The molecule has 32 heavy (non-hydrogen) atoms. The Labute approximate surface area is 185 Å². The highest BCUT2D eigenvalue weighted by molar-refractivity contribution is 6.46. The van der Waals surface area contributed by atoms with Gasteiger partial charge in [0.15, 0.2) is 11.5 Å². The zero-order chi connectivity index (χ0) is 22.7. The van der Waals surface area contributed by atoms with Crippen molar-refractivity contribution in [2.24, 2.45) is 0 Å². The quantitative estimate of drug-likeness (QED) is 0.448. The van der Waals surface area contributed by atoms with Crippen molar-refractivity contribution in [3.05, 3.63) is 90.0 Å². The molecule has 1 saturated heterocycles. The molecule has 0 spiro atoms. The second kappa shape index (κ2) is 8.77. The van der Waals surface area contributed by atoms with Crippen molar-refractivity contribution in [3.8, 4) is 11.5 Å². The smallest absolute Gasteiger partial charge is 0.343 e. The third kappa shape index (κ3) is 3.72. The molecule has 0 atom stereocenters. The maximum Gasteiger partial charge on any atom is 0.343 e. The van der Waals surface area contributed by atoms with Crippen molar-refractivity contribution in [1.29, 1.82) is 0 Å². The van der Waals surface area contributed by atoms with E-state index in [9.17, 15) is 14.4 Å². The van der Waals surface area contributed by atoms with E-state index in [4.69, 9.17) is 9.47 Å². The van der Waals surface area contributed by atoms with Crippen LogP contribution in [0.15, 0.2) is 84.4 Å². The SMILES string of the molecule is COc1ccc(C=C2C(=O)N(c3ccccc3)C(=O)N(c3ccccc3)C2=O)cc1OC. The monoisotopic (exact) mass is 428 g/mol. The first kappa shape index (κ1) is 20.9. The number of carbonyl (C=O) groups excluding carboxylic acids is 3. The highest BCUT2D eigenvalue weighted by atomic mass is 16.5. The van der Waals surface area contributed by atoms with E-state index in [-0.39, 0.29) is 5.57 Å². The number of imide groups is 2. The Kier molecular flexibility index (Phi) is 5.72. The molecule has 4 amide bonds. The standard InChI is InChI=1S/C25H20N2O5/c1-31-21-14-13-17(16-22(21)32-2)15-20-23(28)26(18-9-5-3-6-10-18)25(30)27(24(20)29)19-11-7-4-8-12-19/h3-16H,1-2H3. The average molecular weight is 428 g/mol. The molecule has 160 valence electrons. The van der Waals surface area contributed by atoms with Crippen molar-refractivity contribution in [1.82, 2.24) is 0 Å². The van der Waals surface area contributed by atoms with E-state index in [0.717, 1.165) is 9.80 Å². The van der Waals surface area contributed by atoms with E-state index in [2.05, 4.69) is 0 Å². The van der Waals surface area contributed by atoms with Crippen molar-refractivity contribution >= 4 is 35.3 Å². The molecule has 7 heteroatoms. The maximum atomic E-state index is 13.3. The van der Waals surface area contributed by atoms with Gasteiger partial charge in [-0.25, -0.2) is 14.6 Å². The molecule has 0 saturated carbocycles. The van der Waals surface area contributed by atoms with Crippen LogP contribution in [0.1, 0.15) is 5.56 Å². The number of carbonyl (C=O) groups is 3. The molecule has 1 heterocycles.